The molecule has 0 saturated heterocycles. The highest BCUT2D eigenvalue weighted by atomic mass is 15.5. The number of pyridine rings is 1. The molecule has 17 heavy (non-hydrogen) atoms. The molecular weight excluding hydrogens is 216 g/mol. The van der Waals surface area contributed by atoms with Crippen LogP contribution in [-0.4, -0.2) is 31.7 Å². The van der Waals surface area contributed by atoms with Crippen molar-refractivity contribution in [2.75, 3.05) is 6.54 Å². The van der Waals surface area contributed by atoms with E-state index in [2.05, 4.69) is 20.5 Å². The normalized spacial score (nSPS) is 10.6. The summed E-state index contributed by atoms with van der Waals surface area (Å²) in [7, 11) is 0. The number of nitrogens with two attached hydrogens (primary N) is 1. The number of unbranched alkanes of at least 4 members (excludes halogenated alkanes) is 1. The lowest BCUT2D eigenvalue weighted by atomic mass is 10.2. The maximum absolute atomic E-state index is 5.46. The number of hydrogen-bond donors (Lipinski definition) is 1. The third-order valence-electron chi connectivity index (χ3n) is 2.50. The number of aromatic nitrogens is 5. The van der Waals surface area contributed by atoms with E-state index in [0.717, 1.165) is 30.9 Å². The van der Waals surface area contributed by atoms with E-state index >= 15 is 0 Å². The van der Waals surface area contributed by atoms with Gasteiger partial charge in [0.2, 0.25) is 0 Å². The van der Waals surface area contributed by atoms with Gasteiger partial charge in [0, 0.05) is 18.4 Å². The third-order valence-corrected chi connectivity index (χ3v) is 2.50. The summed E-state index contributed by atoms with van der Waals surface area (Å²) in [5, 5.41) is 11.7. The van der Waals surface area contributed by atoms with E-state index < -0.39 is 0 Å². The monoisotopic (exact) mass is 232 g/mol. The molecule has 2 aromatic rings. The molecule has 2 aromatic heterocycles. The van der Waals surface area contributed by atoms with E-state index in [9.17, 15) is 0 Å². The lowest BCUT2D eigenvalue weighted by Gasteiger charge is -2.03. The van der Waals surface area contributed by atoms with Gasteiger partial charge in [0.15, 0.2) is 5.82 Å². The Morgan fingerprint density at radius 3 is 2.94 bits per heavy atom. The first-order chi connectivity index (χ1) is 8.40. The molecule has 0 unspecified atom stereocenters. The number of hydrogen-bond acceptors (Lipinski definition) is 5. The van der Waals surface area contributed by atoms with E-state index in [1.54, 1.807) is 6.20 Å². The van der Waals surface area contributed by atoms with Gasteiger partial charge in [-0.25, -0.2) is 4.68 Å². The highest BCUT2D eigenvalue weighted by molar-refractivity contribution is 5.08. The summed E-state index contributed by atoms with van der Waals surface area (Å²) in [4.78, 5) is 4.26. The number of rotatable bonds is 6. The van der Waals surface area contributed by atoms with Crippen molar-refractivity contribution >= 4 is 0 Å². The van der Waals surface area contributed by atoms with Crippen LogP contribution in [0.3, 0.4) is 0 Å². The van der Waals surface area contributed by atoms with Gasteiger partial charge in [0.05, 0.1) is 6.42 Å². The molecule has 2 N–H and O–H groups in total. The third kappa shape index (κ3) is 3.32. The smallest absolute Gasteiger partial charge is 0.157 e. The molecule has 2 heterocycles. The molecule has 0 radical (unpaired) electrons. The molecule has 0 fully saturated rings. The van der Waals surface area contributed by atoms with Crippen LogP contribution in [0.2, 0.25) is 0 Å². The molecule has 0 spiro atoms. The van der Waals surface area contributed by atoms with Crippen molar-refractivity contribution in [3.05, 3.63) is 35.9 Å². The zero-order valence-electron chi connectivity index (χ0n) is 9.66. The van der Waals surface area contributed by atoms with Crippen molar-refractivity contribution in [3.8, 4) is 0 Å². The zero-order chi connectivity index (χ0) is 11.9. The van der Waals surface area contributed by atoms with Crippen molar-refractivity contribution < 1.29 is 0 Å². The van der Waals surface area contributed by atoms with E-state index in [1.807, 2.05) is 22.9 Å². The minimum absolute atomic E-state index is 0.663. The first-order valence-corrected chi connectivity index (χ1v) is 5.75. The molecule has 6 heteroatoms. The Labute approximate surface area is 99.9 Å². The van der Waals surface area contributed by atoms with Crippen molar-refractivity contribution in [1.29, 1.82) is 0 Å². The second-order valence-corrected chi connectivity index (χ2v) is 3.81. The van der Waals surface area contributed by atoms with Crippen LogP contribution < -0.4 is 5.73 Å². The lowest BCUT2D eigenvalue weighted by molar-refractivity contribution is 0.528. The fraction of sp³-hybridized carbons (Fsp3) is 0.455. The summed E-state index contributed by atoms with van der Waals surface area (Å²) in [5.74, 6) is 0.848. The fourth-order valence-corrected chi connectivity index (χ4v) is 1.59. The van der Waals surface area contributed by atoms with Crippen molar-refractivity contribution in [2.24, 2.45) is 5.73 Å². The van der Waals surface area contributed by atoms with Crippen LogP contribution in [-0.2, 0) is 13.0 Å². The Bertz CT molecular complexity index is 438. The van der Waals surface area contributed by atoms with E-state index in [-0.39, 0.29) is 0 Å². The zero-order valence-corrected chi connectivity index (χ0v) is 9.66. The van der Waals surface area contributed by atoms with Gasteiger partial charge in [0.25, 0.3) is 0 Å². The summed E-state index contributed by atoms with van der Waals surface area (Å²) < 4.78 is 1.82. The highest BCUT2D eigenvalue weighted by Gasteiger charge is 2.06. The van der Waals surface area contributed by atoms with Crippen LogP contribution in [0.25, 0.3) is 0 Å². The Morgan fingerprint density at radius 1 is 1.24 bits per heavy atom. The minimum atomic E-state index is 0.663. The SMILES string of the molecule is NCCCCn1nnnc1Cc1ccccn1. The van der Waals surface area contributed by atoms with E-state index in [4.69, 9.17) is 5.73 Å². The maximum Gasteiger partial charge on any atom is 0.157 e. The Morgan fingerprint density at radius 2 is 2.18 bits per heavy atom. The molecule has 2 rings (SSSR count). The average Bonchev–Trinajstić information content (AvgIpc) is 2.79. The number of tetrazole rings is 1. The summed E-state index contributed by atoms with van der Waals surface area (Å²) >= 11 is 0. The Kier molecular flexibility index (Phi) is 4.15. The second-order valence-electron chi connectivity index (χ2n) is 3.81. The molecule has 0 atom stereocenters. The van der Waals surface area contributed by atoms with E-state index in [0.29, 0.717) is 13.0 Å². The van der Waals surface area contributed by atoms with Gasteiger partial charge in [0.1, 0.15) is 0 Å². The topological polar surface area (TPSA) is 82.5 Å². The molecule has 90 valence electrons. The maximum atomic E-state index is 5.46. The number of aryl methyl sites for hydroxylation is 1. The highest BCUT2D eigenvalue weighted by Crippen LogP contribution is 2.03. The predicted molar refractivity (Wildman–Crippen MR) is 63.1 cm³/mol. The first kappa shape index (κ1) is 11.7. The quantitative estimate of drug-likeness (QED) is 0.729. The first-order valence-electron chi connectivity index (χ1n) is 5.75. The standard InChI is InChI=1S/C11H16N6/c12-6-2-4-8-17-11(14-15-16-17)9-10-5-1-3-7-13-10/h1,3,5,7H,2,4,6,8-9,12H2. The van der Waals surface area contributed by atoms with Gasteiger partial charge in [-0.15, -0.1) is 5.10 Å². The summed E-state index contributed by atoms with van der Waals surface area (Å²) in [6.45, 7) is 1.52. The van der Waals surface area contributed by atoms with Crippen molar-refractivity contribution in [2.45, 2.75) is 25.8 Å². The average molecular weight is 232 g/mol. The van der Waals surface area contributed by atoms with Crippen LogP contribution >= 0.6 is 0 Å². The van der Waals surface area contributed by atoms with Gasteiger partial charge in [-0.2, -0.15) is 0 Å². The Balaban J connectivity index is 1.99. The molecule has 0 aliphatic heterocycles. The van der Waals surface area contributed by atoms with Gasteiger partial charge in [-0.1, -0.05) is 6.07 Å². The van der Waals surface area contributed by atoms with Crippen LogP contribution in [0.15, 0.2) is 24.4 Å². The molecule has 6 nitrogen and oxygen atoms in total. The van der Waals surface area contributed by atoms with Gasteiger partial charge < -0.3 is 5.73 Å². The minimum Gasteiger partial charge on any atom is -0.330 e. The lowest BCUT2D eigenvalue weighted by Crippen LogP contribution is -2.09. The second kappa shape index (κ2) is 6.05. The number of nitrogens with zero attached hydrogens (tertiary/aromatic N) is 5. The predicted octanol–water partition coefficient (Wildman–Crippen LogP) is 0.398. The molecular formula is C11H16N6. The van der Waals surface area contributed by atoms with Gasteiger partial charge >= 0.3 is 0 Å². The molecule has 0 aliphatic carbocycles. The van der Waals surface area contributed by atoms with Gasteiger partial charge in [-0.3, -0.25) is 4.98 Å². The van der Waals surface area contributed by atoms with Crippen molar-refractivity contribution in [1.82, 2.24) is 25.2 Å². The van der Waals surface area contributed by atoms with Crippen LogP contribution in [0.5, 0.6) is 0 Å². The summed E-state index contributed by atoms with van der Waals surface area (Å²) in [6.07, 6.45) is 4.42. The fourth-order valence-electron chi connectivity index (χ4n) is 1.59. The largest absolute Gasteiger partial charge is 0.330 e. The van der Waals surface area contributed by atoms with Crippen molar-refractivity contribution in [3.63, 3.8) is 0 Å². The Hall–Kier alpha value is -1.82. The van der Waals surface area contributed by atoms with Gasteiger partial charge in [-0.05, 0) is 41.9 Å². The molecule has 0 aromatic carbocycles. The summed E-state index contributed by atoms with van der Waals surface area (Å²) in [6, 6.07) is 5.83. The molecule has 0 amide bonds. The van der Waals surface area contributed by atoms with Crippen LogP contribution in [0.1, 0.15) is 24.4 Å². The van der Waals surface area contributed by atoms with E-state index in [1.165, 1.54) is 0 Å². The van der Waals surface area contributed by atoms with Crippen LogP contribution in [0, 0.1) is 0 Å². The molecule has 0 saturated carbocycles. The van der Waals surface area contributed by atoms with Crippen LogP contribution in [0.4, 0.5) is 0 Å². The summed E-state index contributed by atoms with van der Waals surface area (Å²) in [5.41, 5.74) is 6.43. The molecule has 0 aliphatic rings. The molecule has 0 bridgehead atoms.